The molecule has 1 amide bonds. The van der Waals surface area contributed by atoms with Crippen LogP contribution in [0.4, 0.5) is 0 Å². The molecule has 0 fully saturated rings. The van der Waals surface area contributed by atoms with E-state index in [4.69, 9.17) is 5.11 Å². The average Bonchev–Trinajstić information content (AvgIpc) is 2.47. The molecular weight excluding hydrogens is 346 g/mol. The molecule has 0 saturated heterocycles. The molecule has 0 atom stereocenters. The molecule has 0 bridgehead atoms. The smallest absolute Gasteiger partial charge is 0.303 e. The number of halogens is 1. The van der Waals surface area contributed by atoms with Crippen molar-refractivity contribution < 1.29 is 14.7 Å². The number of aliphatic carboxylic acids is 1. The first-order valence-electron chi connectivity index (χ1n) is 7.72. The standard InChI is InChI=1S/C17H24BrNO3/c1-13-12-14(7-9-15(13)18)8-10-16(20)19-11-5-3-2-4-6-17(21)22/h7,9,12H,2-6,8,10-11H2,1H3,(H,19,20)(H,21,22). The lowest BCUT2D eigenvalue weighted by atomic mass is 10.1. The van der Waals surface area contributed by atoms with Gasteiger partial charge in [-0.3, -0.25) is 9.59 Å². The Hall–Kier alpha value is -1.36. The van der Waals surface area contributed by atoms with Crippen molar-refractivity contribution in [3.63, 3.8) is 0 Å². The fourth-order valence-electron chi connectivity index (χ4n) is 2.19. The number of unbranched alkanes of at least 4 members (excludes halogenated alkanes) is 3. The van der Waals surface area contributed by atoms with E-state index < -0.39 is 5.97 Å². The molecule has 4 nitrogen and oxygen atoms in total. The van der Waals surface area contributed by atoms with Crippen molar-refractivity contribution in [1.29, 1.82) is 0 Å². The minimum absolute atomic E-state index is 0.0751. The zero-order chi connectivity index (χ0) is 16.4. The van der Waals surface area contributed by atoms with E-state index >= 15 is 0 Å². The maximum absolute atomic E-state index is 11.7. The monoisotopic (exact) mass is 369 g/mol. The molecule has 0 spiro atoms. The van der Waals surface area contributed by atoms with Crippen LogP contribution in [-0.2, 0) is 16.0 Å². The fourth-order valence-corrected chi connectivity index (χ4v) is 2.44. The van der Waals surface area contributed by atoms with Gasteiger partial charge >= 0.3 is 5.97 Å². The molecular formula is C17H24BrNO3. The van der Waals surface area contributed by atoms with Gasteiger partial charge in [0.1, 0.15) is 0 Å². The summed E-state index contributed by atoms with van der Waals surface area (Å²) in [6.07, 6.45) is 4.96. The molecule has 0 saturated carbocycles. The summed E-state index contributed by atoms with van der Waals surface area (Å²) in [6, 6.07) is 6.15. The Bertz CT molecular complexity index is 503. The zero-order valence-electron chi connectivity index (χ0n) is 13.0. The van der Waals surface area contributed by atoms with Gasteiger partial charge in [-0.2, -0.15) is 0 Å². The molecule has 122 valence electrons. The number of hydrogen-bond donors (Lipinski definition) is 2. The van der Waals surface area contributed by atoms with E-state index in [2.05, 4.69) is 27.3 Å². The Balaban J connectivity index is 2.08. The molecule has 0 unspecified atom stereocenters. The summed E-state index contributed by atoms with van der Waals surface area (Å²) in [4.78, 5) is 22.1. The highest BCUT2D eigenvalue weighted by Gasteiger charge is 2.03. The molecule has 0 aliphatic rings. The second-order valence-corrected chi connectivity index (χ2v) is 6.35. The van der Waals surface area contributed by atoms with Gasteiger partial charge in [-0.1, -0.05) is 40.9 Å². The van der Waals surface area contributed by atoms with Crippen LogP contribution in [0.2, 0.25) is 0 Å². The first-order chi connectivity index (χ1) is 10.5. The molecule has 0 radical (unpaired) electrons. The Morgan fingerprint density at radius 1 is 1.14 bits per heavy atom. The summed E-state index contributed by atoms with van der Waals surface area (Å²) in [5.41, 5.74) is 2.35. The summed E-state index contributed by atoms with van der Waals surface area (Å²) in [7, 11) is 0. The number of benzene rings is 1. The van der Waals surface area contributed by atoms with Gasteiger partial charge in [0.2, 0.25) is 5.91 Å². The largest absolute Gasteiger partial charge is 0.481 e. The molecule has 1 aromatic carbocycles. The number of aryl methyl sites for hydroxylation is 2. The lowest BCUT2D eigenvalue weighted by molar-refractivity contribution is -0.137. The van der Waals surface area contributed by atoms with Crippen molar-refractivity contribution in [2.75, 3.05) is 6.54 Å². The number of carbonyl (C=O) groups is 2. The normalized spacial score (nSPS) is 10.5. The van der Waals surface area contributed by atoms with Crippen LogP contribution in [0.15, 0.2) is 22.7 Å². The van der Waals surface area contributed by atoms with Crippen LogP contribution >= 0.6 is 15.9 Å². The number of carboxylic acid groups (broad SMARTS) is 1. The first kappa shape index (κ1) is 18.7. The summed E-state index contributed by atoms with van der Waals surface area (Å²) in [5.74, 6) is -0.664. The maximum atomic E-state index is 11.7. The highest BCUT2D eigenvalue weighted by Crippen LogP contribution is 2.17. The van der Waals surface area contributed by atoms with Crippen LogP contribution in [0, 0.1) is 6.92 Å². The van der Waals surface area contributed by atoms with Gasteiger partial charge in [0, 0.05) is 23.9 Å². The third-order valence-corrected chi connectivity index (χ3v) is 4.39. The predicted octanol–water partition coefficient (Wildman–Crippen LogP) is 3.84. The number of rotatable bonds is 10. The molecule has 0 heterocycles. The lowest BCUT2D eigenvalue weighted by Crippen LogP contribution is -2.24. The molecule has 1 rings (SSSR count). The first-order valence-corrected chi connectivity index (χ1v) is 8.52. The third kappa shape index (κ3) is 8.17. The van der Waals surface area contributed by atoms with Crippen LogP contribution in [0.5, 0.6) is 0 Å². The molecule has 0 aromatic heterocycles. The van der Waals surface area contributed by atoms with Crippen molar-refractivity contribution >= 4 is 27.8 Å². The molecule has 0 aliphatic carbocycles. The summed E-state index contributed by atoms with van der Waals surface area (Å²) >= 11 is 3.47. The molecule has 22 heavy (non-hydrogen) atoms. The highest BCUT2D eigenvalue weighted by atomic mass is 79.9. The zero-order valence-corrected chi connectivity index (χ0v) is 14.6. The van der Waals surface area contributed by atoms with Crippen molar-refractivity contribution in [2.45, 2.75) is 51.9 Å². The summed E-state index contributed by atoms with van der Waals surface area (Å²) < 4.78 is 1.09. The van der Waals surface area contributed by atoms with Crippen molar-refractivity contribution in [3.05, 3.63) is 33.8 Å². The predicted molar refractivity (Wildman–Crippen MR) is 90.9 cm³/mol. The van der Waals surface area contributed by atoms with E-state index in [1.54, 1.807) is 0 Å². The van der Waals surface area contributed by atoms with E-state index in [9.17, 15) is 9.59 Å². The van der Waals surface area contributed by atoms with Crippen LogP contribution in [0.1, 0.15) is 49.7 Å². The number of carboxylic acids is 1. The van der Waals surface area contributed by atoms with Gasteiger partial charge in [0.25, 0.3) is 0 Å². The number of hydrogen-bond acceptors (Lipinski definition) is 2. The van der Waals surface area contributed by atoms with E-state index in [0.717, 1.165) is 30.2 Å². The number of amides is 1. The quantitative estimate of drug-likeness (QED) is 0.615. The Morgan fingerprint density at radius 2 is 1.86 bits per heavy atom. The van der Waals surface area contributed by atoms with E-state index in [1.807, 2.05) is 19.1 Å². The summed E-state index contributed by atoms with van der Waals surface area (Å²) in [5, 5.41) is 11.4. The van der Waals surface area contributed by atoms with E-state index in [-0.39, 0.29) is 12.3 Å². The van der Waals surface area contributed by atoms with Crippen LogP contribution in [-0.4, -0.2) is 23.5 Å². The fraction of sp³-hybridized carbons (Fsp3) is 0.529. The Morgan fingerprint density at radius 3 is 2.55 bits per heavy atom. The van der Waals surface area contributed by atoms with Gasteiger partial charge in [-0.05, 0) is 43.4 Å². The van der Waals surface area contributed by atoms with Crippen molar-refractivity contribution in [3.8, 4) is 0 Å². The van der Waals surface area contributed by atoms with Crippen molar-refractivity contribution in [2.24, 2.45) is 0 Å². The van der Waals surface area contributed by atoms with Gasteiger partial charge in [0.15, 0.2) is 0 Å². The minimum Gasteiger partial charge on any atom is -0.481 e. The van der Waals surface area contributed by atoms with Crippen LogP contribution in [0.3, 0.4) is 0 Å². The van der Waals surface area contributed by atoms with Gasteiger partial charge in [-0.15, -0.1) is 0 Å². The topological polar surface area (TPSA) is 66.4 Å². The second-order valence-electron chi connectivity index (χ2n) is 5.49. The number of carbonyl (C=O) groups excluding carboxylic acids is 1. The number of nitrogens with one attached hydrogen (secondary N) is 1. The maximum Gasteiger partial charge on any atom is 0.303 e. The third-order valence-electron chi connectivity index (χ3n) is 3.50. The van der Waals surface area contributed by atoms with Gasteiger partial charge in [0.05, 0.1) is 0 Å². The Kier molecular flexibility index (Phi) is 8.82. The van der Waals surface area contributed by atoms with E-state index in [0.29, 0.717) is 19.4 Å². The molecule has 1 aromatic rings. The Labute approximate surface area is 140 Å². The van der Waals surface area contributed by atoms with E-state index in [1.165, 1.54) is 11.1 Å². The highest BCUT2D eigenvalue weighted by molar-refractivity contribution is 9.10. The minimum atomic E-state index is -0.739. The average molecular weight is 370 g/mol. The van der Waals surface area contributed by atoms with Crippen LogP contribution in [0.25, 0.3) is 0 Å². The van der Waals surface area contributed by atoms with Gasteiger partial charge in [-0.25, -0.2) is 0 Å². The molecule has 5 heteroatoms. The molecule has 0 aliphatic heterocycles. The van der Waals surface area contributed by atoms with Gasteiger partial charge < -0.3 is 10.4 Å². The lowest BCUT2D eigenvalue weighted by Gasteiger charge is -2.06. The SMILES string of the molecule is Cc1cc(CCC(=O)NCCCCCCC(=O)O)ccc1Br. The van der Waals surface area contributed by atoms with Crippen molar-refractivity contribution in [1.82, 2.24) is 5.32 Å². The second kappa shape index (κ2) is 10.4. The molecule has 2 N–H and O–H groups in total. The summed E-state index contributed by atoms with van der Waals surface area (Å²) in [6.45, 7) is 2.71. The van der Waals surface area contributed by atoms with Crippen LogP contribution < -0.4 is 5.32 Å².